The van der Waals surface area contributed by atoms with Crippen molar-refractivity contribution in [2.45, 2.75) is 27.2 Å². The molecule has 0 atom stereocenters. The first-order valence-corrected chi connectivity index (χ1v) is 7.95. The molecule has 0 bridgehead atoms. The van der Waals surface area contributed by atoms with Gasteiger partial charge in [-0.05, 0) is 31.0 Å². The summed E-state index contributed by atoms with van der Waals surface area (Å²) in [5.74, 6) is 1.21. The largest absolute Gasteiger partial charge is 0.497 e. The van der Waals surface area contributed by atoms with Crippen LogP contribution in [0.15, 0.2) is 42.5 Å². The van der Waals surface area contributed by atoms with E-state index in [4.69, 9.17) is 9.47 Å². The van der Waals surface area contributed by atoms with Gasteiger partial charge in [0.1, 0.15) is 11.5 Å². The second kappa shape index (κ2) is 7.39. The molecule has 0 unspecified atom stereocenters. The summed E-state index contributed by atoms with van der Waals surface area (Å²) in [6, 6.07) is 13.6. The Kier molecular flexibility index (Phi) is 5.50. The van der Waals surface area contributed by atoms with Gasteiger partial charge in [-0.3, -0.25) is 4.79 Å². The molecule has 2 aromatic carbocycles. The van der Waals surface area contributed by atoms with Gasteiger partial charge in [-0.2, -0.15) is 0 Å². The standard InChI is InChI=1S/C20H25NO3/c1-14-6-8-15(9-7-14)13-20(2,3)19(22)21-17-11-10-16(23-4)12-18(17)24-5/h6-12H,13H2,1-5H3,(H,21,22). The number of ether oxygens (including phenoxy) is 2. The van der Waals surface area contributed by atoms with Gasteiger partial charge in [-0.25, -0.2) is 0 Å². The van der Waals surface area contributed by atoms with Crippen molar-refractivity contribution in [1.82, 2.24) is 0 Å². The number of rotatable bonds is 6. The molecule has 0 aliphatic rings. The lowest BCUT2D eigenvalue weighted by atomic mass is 9.84. The molecule has 24 heavy (non-hydrogen) atoms. The molecule has 0 saturated heterocycles. The minimum Gasteiger partial charge on any atom is -0.497 e. The molecule has 0 aliphatic heterocycles. The Labute approximate surface area is 143 Å². The summed E-state index contributed by atoms with van der Waals surface area (Å²) in [6.45, 7) is 5.94. The third-order valence-electron chi connectivity index (χ3n) is 4.04. The van der Waals surface area contributed by atoms with Gasteiger partial charge in [-0.15, -0.1) is 0 Å². The van der Waals surface area contributed by atoms with Crippen LogP contribution < -0.4 is 14.8 Å². The second-order valence-corrected chi connectivity index (χ2v) is 6.57. The maximum atomic E-state index is 12.7. The van der Waals surface area contributed by atoms with Gasteiger partial charge in [0.15, 0.2) is 0 Å². The van der Waals surface area contributed by atoms with Crippen molar-refractivity contribution in [2.75, 3.05) is 19.5 Å². The van der Waals surface area contributed by atoms with Crippen molar-refractivity contribution in [3.8, 4) is 11.5 Å². The number of methoxy groups -OCH3 is 2. The van der Waals surface area contributed by atoms with Gasteiger partial charge < -0.3 is 14.8 Å². The lowest BCUT2D eigenvalue weighted by Crippen LogP contribution is -2.32. The van der Waals surface area contributed by atoms with E-state index in [9.17, 15) is 4.79 Å². The van der Waals surface area contributed by atoms with Crippen LogP contribution in [0, 0.1) is 12.3 Å². The highest BCUT2D eigenvalue weighted by Gasteiger charge is 2.28. The number of hydrogen-bond donors (Lipinski definition) is 1. The number of anilines is 1. The minimum atomic E-state index is -0.541. The molecule has 2 rings (SSSR count). The fourth-order valence-electron chi connectivity index (χ4n) is 2.49. The molecule has 0 saturated carbocycles. The molecule has 2 aromatic rings. The highest BCUT2D eigenvalue weighted by molar-refractivity contribution is 5.96. The van der Waals surface area contributed by atoms with E-state index in [1.165, 1.54) is 5.56 Å². The average Bonchev–Trinajstić information content (AvgIpc) is 2.57. The molecule has 0 spiro atoms. The van der Waals surface area contributed by atoms with Crippen molar-refractivity contribution in [1.29, 1.82) is 0 Å². The smallest absolute Gasteiger partial charge is 0.230 e. The van der Waals surface area contributed by atoms with E-state index in [-0.39, 0.29) is 5.91 Å². The number of nitrogens with one attached hydrogen (secondary N) is 1. The summed E-state index contributed by atoms with van der Waals surface area (Å²) >= 11 is 0. The Bertz CT molecular complexity index is 705. The summed E-state index contributed by atoms with van der Waals surface area (Å²) < 4.78 is 10.5. The van der Waals surface area contributed by atoms with Crippen LogP contribution >= 0.6 is 0 Å². The number of amides is 1. The van der Waals surface area contributed by atoms with Crippen LogP contribution in [0.1, 0.15) is 25.0 Å². The molecule has 4 heteroatoms. The third-order valence-corrected chi connectivity index (χ3v) is 4.04. The summed E-state index contributed by atoms with van der Waals surface area (Å²) in [6.07, 6.45) is 0.664. The molecule has 4 nitrogen and oxygen atoms in total. The molecule has 0 heterocycles. The van der Waals surface area contributed by atoms with Gasteiger partial charge in [0, 0.05) is 11.5 Å². The highest BCUT2D eigenvalue weighted by atomic mass is 16.5. The maximum absolute atomic E-state index is 12.7. The first kappa shape index (κ1) is 17.9. The summed E-state index contributed by atoms with van der Waals surface area (Å²) in [7, 11) is 3.17. The van der Waals surface area contributed by atoms with E-state index in [1.807, 2.05) is 13.8 Å². The van der Waals surface area contributed by atoms with Gasteiger partial charge in [0.25, 0.3) is 0 Å². The number of hydrogen-bond acceptors (Lipinski definition) is 3. The molecule has 0 radical (unpaired) electrons. The number of carbonyl (C=O) groups is 1. The normalized spacial score (nSPS) is 11.0. The Morgan fingerprint density at radius 3 is 2.29 bits per heavy atom. The molecule has 0 aromatic heterocycles. The lowest BCUT2D eigenvalue weighted by molar-refractivity contribution is -0.123. The zero-order valence-electron chi connectivity index (χ0n) is 15.0. The van der Waals surface area contributed by atoms with E-state index in [1.54, 1.807) is 32.4 Å². The van der Waals surface area contributed by atoms with Crippen LogP contribution in [-0.4, -0.2) is 20.1 Å². The predicted octanol–water partition coefficient (Wildman–Crippen LogP) is 4.22. The Morgan fingerprint density at radius 2 is 1.71 bits per heavy atom. The third kappa shape index (κ3) is 4.28. The van der Waals surface area contributed by atoms with Crippen LogP contribution in [0.2, 0.25) is 0 Å². The number of carbonyl (C=O) groups excluding carboxylic acids is 1. The second-order valence-electron chi connectivity index (χ2n) is 6.57. The summed E-state index contributed by atoms with van der Waals surface area (Å²) in [5, 5.41) is 2.97. The zero-order chi connectivity index (χ0) is 17.7. The molecule has 0 fully saturated rings. The molecular formula is C20H25NO3. The molecule has 128 valence electrons. The van der Waals surface area contributed by atoms with Crippen LogP contribution in [0.5, 0.6) is 11.5 Å². The van der Waals surface area contributed by atoms with E-state index in [0.717, 1.165) is 5.56 Å². The molecule has 1 amide bonds. The lowest BCUT2D eigenvalue weighted by Gasteiger charge is -2.24. The topological polar surface area (TPSA) is 47.6 Å². The van der Waals surface area contributed by atoms with Crippen molar-refractivity contribution in [3.63, 3.8) is 0 Å². The van der Waals surface area contributed by atoms with Crippen LogP contribution in [0.3, 0.4) is 0 Å². The highest BCUT2D eigenvalue weighted by Crippen LogP contribution is 2.31. The Balaban J connectivity index is 2.14. The van der Waals surface area contributed by atoms with Crippen LogP contribution in [0.25, 0.3) is 0 Å². The SMILES string of the molecule is COc1ccc(NC(=O)C(C)(C)Cc2ccc(C)cc2)c(OC)c1. The number of aryl methyl sites for hydroxylation is 1. The molecular weight excluding hydrogens is 302 g/mol. The first-order valence-electron chi connectivity index (χ1n) is 7.95. The van der Waals surface area contributed by atoms with Crippen LogP contribution in [-0.2, 0) is 11.2 Å². The number of benzene rings is 2. The minimum absolute atomic E-state index is 0.0495. The first-order chi connectivity index (χ1) is 11.4. The molecule has 1 N–H and O–H groups in total. The fraction of sp³-hybridized carbons (Fsp3) is 0.350. The van der Waals surface area contributed by atoms with E-state index in [0.29, 0.717) is 23.6 Å². The van der Waals surface area contributed by atoms with Crippen molar-refractivity contribution in [2.24, 2.45) is 5.41 Å². The van der Waals surface area contributed by atoms with Crippen molar-refractivity contribution < 1.29 is 14.3 Å². The van der Waals surface area contributed by atoms with Gasteiger partial charge >= 0.3 is 0 Å². The van der Waals surface area contributed by atoms with Crippen LogP contribution in [0.4, 0.5) is 5.69 Å². The molecule has 0 aliphatic carbocycles. The van der Waals surface area contributed by atoms with Crippen molar-refractivity contribution >= 4 is 11.6 Å². The maximum Gasteiger partial charge on any atom is 0.230 e. The van der Waals surface area contributed by atoms with Gasteiger partial charge in [0.05, 0.1) is 19.9 Å². The summed E-state index contributed by atoms with van der Waals surface area (Å²) in [4.78, 5) is 12.7. The van der Waals surface area contributed by atoms with E-state index in [2.05, 4.69) is 36.5 Å². The summed E-state index contributed by atoms with van der Waals surface area (Å²) in [5.41, 5.74) is 2.45. The fourth-order valence-corrected chi connectivity index (χ4v) is 2.49. The Morgan fingerprint density at radius 1 is 1.04 bits per heavy atom. The van der Waals surface area contributed by atoms with Gasteiger partial charge in [-0.1, -0.05) is 43.7 Å². The average molecular weight is 327 g/mol. The van der Waals surface area contributed by atoms with E-state index < -0.39 is 5.41 Å². The Hall–Kier alpha value is -2.49. The zero-order valence-corrected chi connectivity index (χ0v) is 15.0. The quantitative estimate of drug-likeness (QED) is 0.864. The van der Waals surface area contributed by atoms with Crippen molar-refractivity contribution in [3.05, 3.63) is 53.6 Å². The van der Waals surface area contributed by atoms with Gasteiger partial charge in [0.2, 0.25) is 5.91 Å². The monoisotopic (exact) mass is 327 g/mol. The predicted molar refractivity (Wildman–Crippen MR) is 96.8 cm³/mol. The van der Waals surface area contributed by atoms with E-state index >= 15 is 0 Å².